The highest BCUT2D eigenvalue weighted by Crippen LogP contribution is 2.15. The molecule has 0 radical (unpaired) electrons. The summed E-state index contributed by atoms with van der Waals surface area (Å²) < 4.78 is 6.23. The molecule has 1 amide bonds. The number of hydrogen-bond acceptors (Lipinski definition) is 2. The molecule has 1 aliphatic heterocycles. The molecule has 0 saturated carbocycles. The van der Waals surface area contributed by atoms with Crippen molar-refractivity contribution < 1.29 is 31.0 Å². The van der Waals surface area contributed by atoms with Crippen LogP contribution in [-0.2, 0) is 4.74 Å². The van der Waals surface area contributed by atoms with Crippen molar-refractivity contribution in [2.24, 2.45) is 0 Å². The van der Waals surface area contributed by atoms with Gasteiger partial charge in [-0.25, -0.2) is 4.79 Å². The van der Waals surface area contributed by atoms with Gasteiger partial charge in [0.25, 0.3) is 0 Å². The van der Waals surface area contributed by atoms with Crippen LogP contribution in [0.5, 0.6) is 0 Å². The standard InChI is InChI=1S/C22H45N2O2.BrH/c1-4-6-7-8-9-10-11-12-13-14-15-16-19-24(3)20-17-23(18-21-24)22(25)26-5-2;/h4-21H2,1-3H3;1H/q+1;/p-1. The maximum atomic E-state index is 11.8. The van der Waals surface area contributed by atoms with Crippen LogP contribution in [0.2, 0.25) is 0 Å². The zero-order chi connectivity index (χ0) is 19.1. The molecule has 0 aromatic rings. The second kappa shape index (κ2) is 16.6. The summed E-state index contributed by atoms with van der Waals surface area (Å²) in [6.45, 7) is 9.70. The van der Waals surface area contributed by atoms with Gasteiger partial charge in [0.2, 0.25) is 0 Å². The molecule has 0 aromatic heterocycles. The minimum atomic E-state index is -0.135. The first-order chi connectivity index (χ1) is 12.6. The molecule has 1 rings (SSSR count). The van der Waals surface area contributed by atoms with Gasteiger partial charge in [0.05, 0.1) is 46.4 Å². The molecule has 1 fully saturated rings. The number of carbonyl (C=O) groups excluding carboxylic acids is 1. The van der Waals surface area contributed by atoms with Crippen molar-refractivity contribution in [2.75, 3.05) is 46.4 Å². The lowest BCUT2D eigenvalue weighted by Gasteiger charge is -2.41. The lowest BCUT2D eigenvalue weighted by Crippen LogP contribution is -3.00. The van der Waals surface area contributed by atoms with Gasteiger partial charge in [0, 0.05) is 0 Å². The zero-order valence-corrected chi connectivity index (χ0v) is 19.9. The average Bonchev–Trinajstić information content (AvgIpc) is 2.63. The number of likely N-dealkylation sites (N-methyl/N-ethyl adjacent to an activating group) is 1. The molecule has 0 N–H and O–H groups in total. The molecule has 1 saturated heterocycles. The molecule has 0 atom stereocenters. The smallest absolute Gasteiger partial charge is 0.410 e. The van der Waals surface area contributed by atoms with Gasteiger partial charge >= 0.3 is 6.09 Å². The molecule has 0 unspecified atom stereocenters. The van der Waals surface area contributed by atoms with Gasteiger partial charge in [-0.1, -0.05) is 71.1 Å². The summed E-state index contributed by atoms with van der Waals surface area (Å²) >= 11 is 0. The molecule has 4 nitrogen and oxygen atoms in total. The maximum Gasteiger partial charge on any atom is 0.410 e. The van der Waals surface area contributed by atoms with Crippen LogP contribution in [-0.4, -0.2) is 61.9 Å². The second-order valence-corrected chi connectivity index (χ2v) is 8.37. The van der Waals surface area contributed by atoms with E-state index >= 15 is 0 Å². The van der Waals surface area contributed by atoms with Gasteiger partial charge in [-0.2, -0.15) is 0 Å². The Morgan fingerprint density at radius 3 is 1.70 bits per heavy atom. The van der Waals surface area contributed by atoms with E-state index in [1.807, 2.05) is 11.8 Å². The Morgan fingerprint density at radius 2 is 1.26 bits per heavy atom. The third-order valence-corrected chi connectivity index (χ3v) is 5.90. The Labute approximate surface area is 179 Å². The maximum absolute atomic E-state index is 11.8. The van der Waals surface area contributed by atoms with Crippen molar-refractivity contribution in [1.82, 2.24) is 4.90 Å². The Hall–Kier alpha value is -0.290. The number of rotatable bonds is 14. The van der Waals surface area contributed by atoms with Crippen LogP contribution in [0.25, 0.3) is 0 Å². The highest BCUT2D eigenvalue weighted by atomic mass is 79.9. The van der Waals surface area contributed by atoms with Gasteiger partial charge in [0.1, 0.15) is 0 Å². The van der Waals surface area contributed by atoms with E-state index in [1.165, 1.54) is 83.6 Å². The highest BCUT2D eigenvalue weighted by Gasteiger charge is 2.30. The van der Waals surface area contributed by atoms with Crippen LogP contribution in [0.4, 0.5) is 4.79 Å². The Morgan fingerprint density at radius 1 is 0.815 bits per heavy atom. The summed E-state index contributed by atoms with van der Waals surface area (Å²) in [5.74, 6) is 0. The number of ether oxygens (including phenoxy) is 1. The Balaban J connectivity index is 0.00000676. The number of halogens is 1. The predicted molar refractivity (Wildman–Crippen MR) is 110 cm³/mol. The number of piperazine rings is 1. The monoisotopic (exact) mass is 448 g/mol. The summed E-state index contributed by atoms with van der Waals surface area (Å²) in [6.07, 6.45) is 16.7. The van der Waals surface area contributed by atoms with Gasteiger partial charge in [-0.05, 0) is 19.8 Å². The van der Waals surface area contributed by atoms with E-state index < -0.39 is 0 Å². The van der Waals surface area contributed by atoms with Gasteiger partial charge in [-0.15, -0.1) is 0 Å². The lowest BCUT2D eigenvalue weighted by atomic mass is 10.0. The fourth-order valence-corrected chi connectivity index (χ4v) is 3.90. The third kappa shape index (κ3) is 12.7. The minimum absolute atomic E-state index is 0. The van der Waals surface area contributed by atoms with Crippen molar-refractivity contribution in [3.63, 3.8) is 0 Å². The molecule has 0 bridgehead atoms. The Bertz CT molecular complexity index is 358. The highest BCUT2D eigenvalue weighted by molar-refractivity contribution is 5.67. The van der Waals surface area contributed by atoms with Gasteiger partial charge in [0.15, 0.2) is 0 Å². The molecule has 0 spiro atoms. The summed E-state index contributed by atoms with van der Waals surface area (Å²) in [4.78, 5) is 13.6. The molecule has 162 valence electrons. The van der Waals surface area contributed by atoms with Crippen LogP contribution in [0.1, 0.15) is 90.9 Å². The van der Waals surface area contributed by atoms with Crippen molar-refractivity contribution in [2.45, 2.75) is 90.9 Å². The SMILES string of the molecule is CCCCCCCCCCCCCC[N+]1(C)CCN(C(=O)OCC)CC1.[Br-]. The van der Waals surface area contributed by atoms with Crippen LogP contribution >= 0.6 is 0 Å². The van der Waals surface area contributed by atoms with Crippen LogP contribution in [0.15, 0.2) is 0 Å². The van der Waals surface area contributed by atoms with Crippen molar-refractivity contribution in [3.8, 4) is 0 Å². The molecule has 1 aliphatic rings. The second-order valence-electron chi connectivity index (χ2n) is 8.37. The molecule has 5 heteroatoms. The van der Waals surface area contributed by atoms with E-state index in [-0.39, 0.29) is 23.1 Å². The number of unbranched alkanes of at least 4 members (excludes halogenated alkanes) is 11. The third-order valence-electron chi connectivity index (χ3n) is 5.90. The molecule has 27 heavy (non-hydrogen) atoms. The molecule has 0 aliphatic carbocycles. The molecule has 1 heterocycles. The van der Waals surface area contributed by atoms with Crippen molar-refractivity contribution >= 4 is 6.09 Å². The quantitative estimate of drug-likeness (QED) is 0.301. The lowest BCUT2D eigenvalue weighted by molar-refractivity contribution is -0.913. The van der Waals surface area contributed by atoms with Gasteiger partial charge in [-0.3, -0.25) is 4.90 Å². The van der Waals surface area contributed by atoms with Crippen molar-refractivity contribution in [1.29, 1.82) is 0 Å². The average molecular weight is 450 g/mol. The largest absolute Gasteiger partial charge is 1.00 e. The Kier molecular flexibility index (Phi) is 16.5. The summed E-state index contributed by atoms with van der Waals surface area (Å²) in [6, 6.07) is 0. The van der Waals surface area contributed by atoms with E-state index in [1.54, 1.807) is 0 Å². The summed E-state index contributed by atoms with van der Waals surface area (Å²) in [7, 11) is 2.35. The number of carbonyl (C=O) groups is 1. The summed E-state index contributed by atoms with van der Waals surface area (Å²) in [5.41, 5.74) is 0. The molecular weight excluding hydrogens is 404 g/mol. The van der Waals surface area contributed by atoms with Crippen LogP contribution in [0.3, 0.4) is 0 Å². The van der Waals surface area contributed by atoms with Gasteiger partial charge < -0.3 is 26.2 Å². The first-order valence-corrected chi connectivity index (χ1v) is 11.4. The predicted octanol–water partition coefficient (Wildman–Crippen LogP) is 2.61. The van der Waals surface area contributed by atoms with Crippen molar-refractivity contribution in [3.05, 3.63) is 0 Å². The first-order valence-electron chi connectivity index (χ1n) is 11.4. The minimum Gasteiger partial charge on any atom is -1.00 e. The van der Waals surface area contributed by atoms with E-state index in [9.17, 15) is 4.79 Å². The molecule has 0 aromatic carbocycles. The number of quaternary nitrogens is 1. The van der Waals surface area contributed by atoms with E-state index in [0.29, 0.717) is 6.61 Å². The fourth-order valence-electron chi connectivity index (χ4n) is 3.90. The number of amides is 1. The first kappa shape index (κ1) is 26.7. The fraction of sp³-hybridized carbons (Fsp3) is 0.955. The van der Waals surface area contributed by atoms with E-state index in [4.69, 9.17) is 4.74 Å². The van der Waals surface area contributed by atoms with Crippen LogP contribution < -0.4 is 17.0 Å². The summed E-state index contributed by atoms with van der Waals surface area (Å²) in [5, 5.41) is 0. The number of hydrogen-bond donors (Lipinski definition) is 0. The van der Waals surface area contributed by atoms with E-state index in [0.717, 1.165) is 30.7 Å². The van der Waals surface area contributed by atoms with Crippen LogP contribution in [0, 0.1) is 0 Å². The normalized spacial score (nSPS) is 16.0. The molecular formula is C22H45BrN2O2. The zero-order valence-electron chi connectivity index (χ0n) is 18.3. The van der Waals surface area contributed by atoms with E-state index in [2.05, 4.69) is 14.0 Å². The number of nitrogens with zero attached hydrogens (tertiary/aromatic N) is 2. The topological polar surface area (TPSA) is 29.5 Å².